The zero-order chi connectivity index (χ0) is 23.4. The van der Waals surface area contributed by atoms with E-state index in [9.17, 15) is 21.6 Å². The molecule has 1 aromatic heterocycles. The van der Waals surface area contributed by atoms with Gasteiger partial charge in [-0.1, -0.05) is 0 Å². The second-order valence-electron chi connectivity index (χ2n) is 6.69. The van der Waals surface area contributed by atoms with E-state index < -0.39 is 26.0 Å². The first-order valence-electron chi connectivity index (χ1n) is 9.42. The first-order valence-corrected chi connectivity index (χ1v) is 12.6. The minimum atomic E-state index is -3.89. The maximum absolute atomic E-state index is 12.5. The summed E-state index contributed by atoms with van der Waals surface area (Å²) in [5, 5.41) is 2.66. The monoisotopic (exact) mass is 475 g/mol. The third-order valence-electron chi connectivity index (χ3n) is 4.24. The molecule has 3 rings (SSSR count). The van der Waals surface area contributed by atoms with Gasteiger partial charge in [0.2, 0.25) is 16.0 Å². The molecule has 0 radical (unpaired) electrons. The Morgan fingerprint density at radius 1 is 0.875 bits per heavy atom. The lowest BCUT2D eigenvalue weighted by Gasteiger charge is -2.09. The predicted molar refractivity (Wildman–Crippen MR) is 121 cm³/mol. The Bertz CT molecular complexity index is 1320. The van der Waals surface area contributed by atoms with Crippen molar-refractivity contribution in [2.24, 2.45) is 0 Å². The molecule has 0 fully saturated rings. The number of nitrogens with zero attached hydrogens (tertiary/aromatic N) is 2. The SMILES string of the molecule is CCS(=O)(=O)Nc1ccc(C(=O)Nc2ccc(S(=O)(=O)Nc3nccc(C)n3)cc2)cc1. The van der Waals surface area contributed by atoms with Crippen LogP contribution in [0.25, 0.3) is 0 Å². The summed E-state index contributed by atoms with van der Waals surface area (Å²) in [6.07, 6.45) is 1.45. The highest BCUT2D eigenvalue weighted by atomic mass is 32.2. The predicted octanol–water partition coefficient (Wildman–Crippen LogP) is 2.60. The van der Waals surface area contributed by atoms with Gasteiger partial charge in [-0.05, 0) is 68.4 Å². The van der Waals surface area contributed by atoms with E-state index >= 15 is 0 Å². The average molecular weight is 476 g/mol. The van der Waals surface area contributed by atoms with Crippen molar-refractivity contribution in [3.05, 3.63) is 72.1 Å². The van der Waals surface area contributed by atoms with Crippen molar-refractivity contribution >= 4 is 43.3 Å². The van der Waals surface area contributed by atoms with Crippen LogP contribution in [0.4, 0.5) is 17.3 Å². The molecular weight excluding hydrogens is 454 g/mol. The van der Waals surface area contributed by atoms with Gasteiger partial charge in [-0.15, -0.1) is 0 Å². The van der Waals surface area contributed by atoms with Gasteiger partial charge in [0.15, 0.2) is 0 Å². The topological polar surface area (TPSA) is 147 Å². The van der Waals surface area contributed by atoms with E-state index in [4.69, 9.17) is 0 Å². The minimum absolute atomic E-state index is 0.0202. The Kier molecular flexibility index (Phi) is 6.75. The lowest BCUT2D eigenvalue weighted by atomic mass is 10.2. The van der Waals surface area contributed by atoms with E-state index in [1.54, 1.807) is 13.0 Å². The number of nitrogens with one attached hydrogen (secondary N) is 3. The van der Waals surface area contributed by atoms with Crippen LogP contribution in [0, 0.1) is 6.92 Å². The third kappa shape index (κ3) is 6.02. The molecule has 3 aromatic rings. The van der Waals surface area contributed by atoms with Crippen LogP contribution in [0.5, 0.6) is 0 Å². The van der Waals surface area contributed by atoms with Crippen LogP contribution in [-0.4, -0.2) is 38.5 Å². The molecule has 32 heavy (non-hydrogen) atoms. The Morgan fingerprint density at radius 3 is 2.09 bits per heavy atom. The van der Waals surface area contributed by atoms with Gasteiger partial charge in [0, 0.05) is 28.8 Å². The molecule has 0 saturated carbocycles. The van der Waals surface area contributed by atoms with Crippen LogP contribution in [0.15, 0.2) is 65.7 Å². The Morgan fingerprint density at radius 2 is 1.50 bits per heavy atom. The summed E-state index contributed by atoms with van der Waals surface area (Å²) >= 11 is 0. The van der Waals surface area contributed by atoms with E-state index in [1.807, 2.05) is 0 Å². The Hall–Kier alpha value is -3.51. The van der Waals surface area contributed by atoms with Crippen molar-refractivity contribution < 1.29 is 21.6 Å². The largest absolute Gasteiger partial charge is 0.322 e. The van der Waals surface area contributed by atoms with Crippen LogP contribution < -0.4 is 14.8 Å². The van der Waals surface area contributed by atoms with Crippen molar-refractivity contribution in [2.75, 3.05) is 20.5 Å². The van der Waals surface area contributed by atoms with Gasteiger partial charge in [0.05, 0.1) is 10.6 Å². The zero-order valence-electron chi connectivity index (χ0n) is 17.2. The smallest absolute Gasteiger partial charge is 0.264 e. The highest BCUT2D eigenvalue weighted by Crippen LogP contribution is 2.18. The van der Waals surface area contributed by atoms with Gasteiger partial charge in [-0.3, -0.25) is 9.52 Å². The fourth-order valence-electron chi connectivity index (χ4n) is 2.54. The van der Waals surface area contributed by atoms with Crippen LogP contribution in [0.3, 0.4) is 0 Å². The molecule has 1 amide bonds. The number of hydrogen-bond acceptors (Lipinski definition) is 7. The molecule has 3 N–H and O–H groups in total. The number of aromatic nitrogens is 2. The molecule has 168 valence electrons. The molecule has 1 heterocycles. The fourth-order valence-corrected chi connectivity index (χ4v) is 4.13. The lowest BCUT2D eigenvalue weighted by molar-refractivity contribution is 0.102. The van der Waals surface area contributed by atoms with Crippen LogP contribution in [-0.2, 0) is 20.0 Å². The molecule has 0 aliphatic heterocycles. The van der Waals surface area contributed by atoms with Crippen LogP contribution in [0.1, 0.15) is 23.0 Å². The van der Waals surface area contributed by atoms with Gasteiger partial charge in [0.25, 0.3) is 15.9 Å². The van der Waals surface area contributed by atoms with E-state index in [0.717, 1.165) is 0 Å². The highest BCUT2D eigenvalue weighted by molar-refractivity contribution is 7.93. The number of amides is 1. The Balaban J connectivity index is 1.66. The van der Waals surface area contributed by atoms with Crippen molar-refractivity contribution in [3.63, 3.8) is 0 Å². The van der Waals surface area contributed by atoms with E-state index in [-0.39, 0.29) is 16.6 Å². The number of anilines is 3. The Labute approximate surface area is 186 Å². The van der Waals surface area contributed by atoms with Gasteiger partial charge in [0.1, 0.15) is 0 Å². The highest BCUT2D eigenvalue weighted by Gasteiger charge is 2.16. The first kappa shape index (κ1) is 23.2. The second kappa shape index (κ2) is 9.32. The summed E-state index contributed by atoms with van der Waals surface area (Å²) in [7, 11) is -7.30. The van der Waals surface area contributed by atoms with Gasteiger partial charge in [-0.2, -0.15) is 0 Å². The van der Waals surface area contributed by atoms with Gasteiger partial charge < -0.3 is 5.32 Å². The molecule has 0 bridgehead atoms. The number of benzene rings is 2. The van der Waals surface area contributed by atoms with Crippen LogP contribution >= 0.6 is 0 Å². The third-order valence-corrected chi connectivity index (χ3v) is 6.89. The summed E-state index contributed by atoms with van der Waals surface area (Å²) in [4.78, 5) is 20.3. The van der Waals surface area contributed by atoms with Crippen molar-refractivity contribution in [2.45, 2.75) is 18.7 Å². The fraction of sp³-hybridized carbons (Fsp3) is 0.150. The van der Waals surface area contributed by atoms with Crippen LogP contribution in [0.2, 0.25) is 0 Å². The quantitative estimate of drug-likeness (QED) is 0.454. The normalized spacial score (nSPS) is 11.6. The molecular formula is C20H21N5O5S2. The zero-order valence-corrected chi connectivity index (χ0v) is 18.9. The summed E-state index contributed by atoms with van der Waals surface area (Å²) in [5.74, 6) is -0.530. The van der Waals surface area contributed by atoms with Gasteiger partial charge >= 0.3 is 0 Å². The molecule has 0 atom stereocenters. The number of hydrogen-bond donors (Lipinski definition) is 3. The maximum Gasteiger partial charge on any atom is 0.264 e. The summed E-state index contributed by atoms with van der Waals surface area (Å²) in [6, 6.07) is 13.2. The molecule has 0 saturated heterocycles. The van der Waals surface area contributed by atoms with E-state index in [2.05, 4.69) is 24.7 Å². The number of rotatable bonds is 8. The van der Waals surface area contributed by atoms with Crippen molar-refractivity contribution in [3.8, 4) is 0 Å². The van der Waals surface area contributed by atoms with Gasteiger partial charge in [-0.25, -0.2) is 31.5 Å². The van der Waals surface area contributed by atoms with E-state index in [1.165, 1.54) is 61.7 Å². The van der Waals surface area contributed by atoms with Crippen molar-refractivity contribution in [1.82, 2.24) is 9.97 Å². The number of sulfonamides is 2. The molecule has 0 aliphatic carbocycles. The molecule has 12 heteroatoms. The lowest BCUT2D eigenvalue weighted by Crippen LogP contribution is -2.16. The summed E-state index contributed by atoms with van der Waals surface area (Å²) < 4.78 is 52.9. The molecule has 2 aromatic carbocycles. The maximum atomic E-state index is 12.5. The number of aryl methyl sites for hydroxylation is 1. The molecule has 0 spiro atoms. The molecule has 10 nitrogen and oxygen atoms in total. The number of carbonyl (C=O) groups excluding carboxylic acids is 1. The van der Waals surface area contributed by atoms with E-state index in [0.29, 0.717) is 22.6 Å². The molecule has 0 aliphatic rings. The summed E-state index contributed by atoms with van der Waals surface area (Å²) in [5.41, 5.74) is 1.66. The molecule has 0 unspecified atom stereocenters. The first-order chi connectivity index (χ1) is 15.1. The minimum Gasteiger partial charge on any atom is -0.322 e. The standard InChI is InChI=1S/C20H21N5O5S2/c1-3-31(27,28)24-17-6-4-15(5-7-17)19(26)23-16-8-10-18(11-9-16)32(29,30)25-20-21-13-12-14(2)22-20/h4-13,24H,3H2,1-2H3,(H,23,26)(H,21,22,25). The van der Waals surface area contributed by atoms with Crippen molar-refractivity contribution in [1.29, 1.82) is 0 Å². The number of carbonyl (C=O) groups is 1. The summed E-state index contributed by atoms with van der Waals surface area (Å²) in [6.45, 7) is 3.24. The average Bonchev–Trinajstić information content (AvgIpc) is 2.74. The second-order valence-corrected chi connectivity index (χ2v) is 10.4.